The van der Waals surface area contributed by atoms with Crippen molar-refractivity contribution < 1.29 is 9.90 Å². The first kappa shape index (κ1) is 13.0. The SMILES string of the molecule is Cc1cccc(SCc2cc(C(=O)O)c(N)s2)c1. The summed E-state index contributed by atoms with van der Waals surface area (Å²) in [6.45, 7) is 2.05. The summed E-state index contributed by atoms with van der Waals surface area (Å²) in [5.41, 5.74) is 7.09. The highest BCUT2D eigenvalue weighted by molar-refractivity contribution is 7.98. The minimum Gasteiger partial charge on any atom is -0.478 e. The number of benzene rings is 1. The predicted octanol–water partition coefficient (Wildman–Crippen LogP) is 3.63. The smallest absolute Gasteiger partial charge is 0.338 e. The Morgan fingerprint density at radius 3 is 2.83 bits per heavy atom. The monoisotopic (exact) mass is 279 g/mol. The first-order chi connectivity index (χ1) is 8.56. The second-order valence-electron chi connectivity index (χ2n) is 3.90. The minimum absolute atomic E-state index is 0.208. The summed E-state index contributed by atoms with van der Waals surface area (Å²) in [5.74, 6) is -0.221. The molecule has 0 bridgehead atoms. The fourth-order valence-corrected chi connectivity index (χ4v) is 3.52. The third-order valence-corrected chi connectivity index (χ3v) is 4.60. The van der Waals surface area contributed by atoms with Crippen LogP contribution in [0.2, 0.25) is 0 Å². The molecule has 2 rings (SSSR count). The number of carbonyl (C=O) groups is 1. The van der Waals surface area contributed by atoms with Gasteiger partial charge in [-0.25, -0.2) is 4.79 Å². The van der Waals surface area contributed by atoms with E-state index in [1.54, 1.807) is 17.8 Å². The van der Waals surface area contributed by atoms with Gasteiger partial charge < -0.3 is 10.8 Å². The fraction of sp³-hybridized carbons (Fsp3) is 0.154. The molecule has 5 heteroatoms. The largest absolute Gasteiger partial charge is 0.478 e. The Morgan fingerprint density at radius 1 is 1.44 bits per heavy atom. The number of carboxylic acids is 1. The van der Waals surface area contributed by atoms with Gasteiger partial charge in [0.05, 0.1) is 5.56 Å². The van der Waals surface area contributed by atoms with Crippen molar-refractivity contribution in [1.29, 1.82) is 0 Å². The van der Waals surface area contributed by atoms with Gasteiger partial charge in [-0.3, -0.25) is 0 Å². The molecule has 1 aromatic carbocycles. The Morgan fingerprint density at radius 2 is 2.22 bits per heavy atom. The number of anilines is 1. The van der Waals surface area contributed by atoms with E-state index in [1.807, 2.05) is 12.1 Å². The molecule has 18 heavy (non-hydrogen) atoms. The predicted molar refractivity (Wildman–Crippen MR) is 76.4 cm³/mol. The van der Waals surface area contributed by atoms with Crippen LogP contribution in [-0.2, 0) is 5.75 Å². The molecule has 0 aliphatic heterocycles. The summed E-state index contributed by atoms with van der Waals surface area (Å²) in [4.78, 5) is 13.0. The van der Waals surface area contributed by atoms with Gasteiger partial charge >= 0.3 is 5.97 Å². The van der Waals surface area contributed by atoms with Crippen LogP contribution < -0.4 is 5.73 Å². The Hall–Kier alpha value is -1.46. The molecular formula is C13H13NO2S2. The Bertz CT molecular complexity index is 578. The van der Waals surface area contributed by atoms with Crippen molar-refractivity contribution in [2.24, 2.45) is 0 Å². The second-order valence-corrected chi connectivity index (χ2v) is 6.12. The zero-order chi connectivity index (χ0) is 13.1. The number of aromatic carboxylic acids is 1. The molecule has 3 nitrogen and oxygen atoms in total. The molecular weight excluding hydrogens is 266 g/mol. The summed E-state index contributed by atoms with van der Waals surface area (Å²) in [6, 6.07) is 9.89. The van der Waals surface area contributed by atoms with Crippen molar-refractivity contribution in [1.82, 2.24) is 0 Å². The molecule has 0 saturated heterocycles. The lowest BCUT2D eigenvalue weighted by molar-refractivity contribution is 0.0698. The van der Waals surface area contributed by atoms with Gasteiger partial charge in [0.15, 0.2) is 0 Å². The molecule has 0 unspecified atom stereocenters. The van der Waals surface area contributed by atoms with Crippen LogP contribution in [0.25, 0.3) is 0 Å². The maximum absolute atomic E-state index is 10.9. The summed E-state index contributed by atoms with van der Waals surface area (Å²) in [6.07, 6.45) is 0. The van der Waals surface area contributed by atoms with E-state index >= 15 is 0 Å². The number of nitrogens with two attached hydrogens (primary N) is 1. The highest BCUT2D eigenvalue weighted by Crippen LogP contribution is 2.31. The van der Waals surface area contributed by atoms with E-state index in [2.05, 4.69) is 19.1 Å². The molecule has 0 atom stereocenters. The van der Waals surface area contributed by atoms with Gasteiger partial charge in [0.2, 0.25) is 0 Å². The number of rotatable bonds is 4. The molecule has 0 radical (unpaired) electrons. The molecule has 3 N–H and O–H groups in total. The van der Waals surface area contributed by atoms with Gasteiger partial charge in [-0.15, -0.1) is 23.1 Å². The fourth-order valence-electron chi connectivity index (χ4n) is 1.56. The first-order valence-electron chi connectivity index (χ1n) is 5.37. The van der Waals surface area contributed by atoms with Crippen molar-refractivity contribution in [3.05, 3.63) is 46.3 Å². The third kappa shape index (κ3) is 3.05. The zero-order valence-corrected chi connectivity index (χ0v) is 11.5. The molecule has 2 aromatic rings. The van der Waals surface area contributed by atoms with Gasteiger partial charge in [-0.1, -0.05) is 17.7 Å². The van der Waals surface area contributed by atoms with E-state index < -0.39 is 5.97 Å². The van der Waals surface area contributed by atoms with Crippen molar-refractivity contribution in [3.8, 4) is 0 Å². The van der Waals surface area contributed by atoms with E-state index in [4.69, 9.17) is 10.8 Å². The van der Waals surface area contributed by atoms with Gasteiger partial charge in [0.25, 0.3) is 0 Å². The van der Waals surface area contributed by atoms with Crippen LogP contribution in [-0.4, -0.2) is 11.1 Å². The molecule has 0 aliphatic rings. The molecule has 0 spiro atoms. The minimum atomic E-state index is -0.962. The van der Waals surface area contributed by atoms with Crippen LogP contribution in [0.1, 0.15) is 20.8 Å². The molecule has 1 heterocycles. The maximum atomic E-state index is 10.9. The van der Waals surface area contributed by atoms with E-state index in [0.29, 0.717) is 5.00 Å². The normalized spacial score (nSPS) is 10.5. The van der Waals surface area contributed by atoms with Crippen LogP contribution in [0.5, 0.6) is 0 Å². The van der Waals surface area contributed by atoms with Crippen molar-refractivity contribution in [2.75, 3.05) is 5.73 Å². The summed E-state index contributed by atoms with van der Waals surface area (Å²) in [7, 11) is 0. The number of hydrogen-bond acceptors (Lipinski definition) is 4. The Labute approximate surface area is 114 Å². The standard InChI is InChI=1S/C13H13NO2S2/c1-8-3-2-4-9(5-8)17-7-10-6-11(13(15)16)12(14)18-10/h2-6H,7,14H2,1H3,(H,15,16). The number of hydrogen-bond donors (Lipinski definition) is 2. The van der Waals surface area contributed by atoms with Crippen LogP contribution in [0.4, 0.5) is 5.00 Å². The summed E-state index contributed by atoms with van der Waals surface area (Å²) < 4.78 is 0. The highest BCUT2D eigenvalue weighted by Gasteiger charge is 2.12. The third-order valence-electron chi connectivity index (χ3n) is 2.41. The van der Waals surface area contributed by atoms with Gasteiger partial charge in [-0.2, -0.15) is 0 Å². The van der Waals surface area contributed by atoms with Crippen molar-refractivity contribution >= 4 is 34.1 Å². The quantitative estimate of drug-likeness (QED) is 0.839. The van der Waals surface area contributed by atoms with E-state index in [0.717, 1.165) is 10.6 Å². The maximum Gasteiger partial charge on any atom is 0.338 e. The van der Waals surface area contributed by atoms with E-state index in [1.165, 1.54) is 21.8 Å². The average Bonchev–Trinajstić information content (AvgIpc) is 2.68. The number of thioether (sulfide) groups is 1. The second kappa shape index (κ2) is 5.46. The number of nitrogen functional groups attached to an aromatic ring is 1. The van der Waals surface area contributed by atoms with Gasteiger partial charge in [-0.05, 0) is 25.1 Å². The molecule has 0 saturated carbocycles. The van der Waals surface area contributed by atoms with E-state index in [9.17, 15) is 4.79 Å². The van der Waals surface area contributed by atoms with Gasteiger partial charge in [0.1, 0.15) is 5.00 Å². The van der Waals surface area contributed by atoms with Crippen LogP contribution >= 0.6 is 23.1 Å². The lowest BCUT2D eigenvalue weighted by atomic mass is 10.2. The van der Waals surface area contributed by atoms with Crippen LogP contribution in [0.15, 0.2) is 35.2 Å². The number of carboxylic acid groups (broad SMARTS) is 1. The van der Waals surface area contributed by atoms with Crippen LogP contribution in [0.3, 0.4) is 0 Å². The van der Waals surface area contributed by atoms with E-state index in [-0.39, 0.29) is 5.56 Å². The number of aryl methyl sites for hydroxylation is 1. The number of thiophene rings is 1. The molecule has 94 valence electrons. The summed E-state index contributed by atoms with van der Waals surface area (Å²) >= 11 is 3.03. The molecule has 1 aromatic heterocycles. The lowest BCUT2D eigenvalue weighted by Gasteiger charge is -2.00. The molecule has 0 fully saturated rings. The van der Waals surface area contributed by atoms with Crippen molar-refractivity contribution in [3.63, 3.8) is 0 Å². The Balaban J connectivity index is 2.06. The zero-order valence-electron chi connectivity index (χ0n) is 9.84. The average molecular weight is 279 g/mol. The topological polar surface area (TPSA) is 63.3 Å². The highest BCUT2D eigenvalue weighted by atomic mass is 32.2. The lowest BCUT2D eigenvalue weighted by Crippen LogP contribution is -1.97. The van der Waals surface area contributed by atoms with Crippen LogP contribution in [0, 0.1) is 6.92 Å². The Kier molecular flexibility index (Phi) is 3.93. The summed E-state index contributed by atoms with van der Waals surface area (Å²) in [5, 5.41) is 9.30. The first-order valence-corrected chi connectivity index (χ1v) is 7.17. The van der Waals surface area contributed by atoms with Gasteiger partial charge in [0, 0.05) is 15.5 Å². The molecule has 0 aliphatic carbocycles. The molecule has 0 amide bonds. The van der Waals surface area contributed by atoms with Crippen molar-refractivity contribution in [2.45, 2.75) is 17.6 Å².